The lowest BCUT2D eigenvalue weighted by atomic mass is 9.99. The molecule has 6 heteroatoms. The van der Waals surface area contributed by atoms with Crippen molar-refractivity contribution in [2.75, 3.05) is 6.54 Å². The summed E-state index contributed by atoms with van der Waals surface area (Å²) in [5.74, 6) is -0.589. The highest BCUT2D eigenvalue weighted by Gasteiger charge is 2.48. The minimum atomic E-state index is -0.677. The van der Waals surface area contributed by atoms with Crippen LogP contribution in [-0.2, 0) is 9.67 Å². The van der Waals surface area contributed by atoms with E-state index < -0.39 is 4.87 Å². The van der Waals surface area contributed by atoms with Crippen LogP contribution in [0.2, 0.25) is 0 Å². The number of benzene rings is 2. The Morgan fingerprint density at radius 2 is 1.96 bits per heavy atom. The maximum Gasteiger partial charge on any atom is 0.246 e. The van der Waals surface area contributed by atoms with E-state index >= 15 is 0 Å². The Hall–Kier alpha value is -2.18. The molecule has 2 aromatic rings. The molecule has 142 valence electrons. The molecule has 2 aromatic carbocycles. The van der Waals surface area contributed by atoms with Gasteiger partial charge in [0.25, 0.3) is 0 Å². The summed E-state index contributed by atoms with van der Waals surface area (Å²) in [6.45, 7) is 4.25. The molecule has 1 heterocycles. The summed E-state index contributed by atoms with van der Waals surface area (Å²) in [6.07, 6.45) is 1.41. The van der Waals surface area contributed by atoms with Gasteiger partial charge in [-0.2, -0.15) is 5.10 Å². The van der Waals surface area contributed by atoms with Gasteiger partial charge < -0.3 is 5.73 Å². The molecule has 1 aliphatic rings. The Labute approximate surface area is 163 Å². The van der Waals surface area contributed by atoms with Crippen LogP contribution in [0.5, 0.6) is 0 Å². The maximum atomic E-state index is 13.8. The van der Waals surface area contributed by atoms with Crippen LogP contribution < -0.4 is 5.73 Å². The van der Waals surface area contributed by atoms with Gasteiger partial charge in [-0.25, -0.2) is 9.40 Å². The quantitative estimate of drug-likeness (QED) is 0.806. The number of hydrogen-bond acceptors (Lipinski definition) is 4. The van der Waals surface area contributed by atoms with Gasteiger partial charge in [0.05, 0.1) is 0 Å². The Kier molecular flexibility index (Phi) is 5.97. The zero-order valence-corrected chi connectivity index (χ0v) is 16.4. The Bertz CT molecular complexity index is 840. The minimum Gasteiger partial charge on any atom is -0.330 e. The third-order valence-corrected chi connectivity index (χ3v) is 5.98. The van der Waals surface area contributed by atoms with Crippen LogP contribution in [0.4, 0.5) is 4.39 Å². The first-order valence-corrected chi connectivity index (χ1v) is 9.93. The highest BCUT2D eigenvalue weighted by atomic mass is 32.2. The van der Waals surface area contributed by atoms with Crippen LogP contribution in [0.25, 0.3) is 0 Å². The van der Waals surface area contributed by atoms with E-state index in [2.05, 4.69) is 5.10 Å². The molecule has 1 amide bonds. The van der Waals surface area contributed by atoms with Crippen LogP contribution in [0.3, 0.4) is 0 Å². The monoisotopic (exact) mass is 385 g/mol. The first kappa shape index (κ1) is 19.6. The number of nitrogens with two attached hydrogens (primary N) is 1. The summed E-state index contributed by atoms with van der Waals surface area (Å²) >= 11 is 1.50. The van der Waals surface area contributed by atoms with Crippen molar-refractivity contribution in [3.8, 4) is 0 Å². The predicted molar refractivity (Wildman–Crippen MR) is 109 cm³/mol. The highest BCUT2D eigenvalue weighted by molar-refractivity contribution is 8.15. The number of carbonyl (C=O) groups excluding carboxylic acids is 1. The van der Waals surface area contributed by atoms with Crippen LogP contribution in [0, 0.1) is 11.7 Å². The molecule has 1 unspecified atom stereocenters. The Morgan fingerprint density at radius 1 is 1.22 bits per heavy atom. The average Bonchev–Trinajstić information content (AvgIpc) is 3.07. The molecule has 0 fully saturated rings. The number of halogens is 1. The molecular formula is C21H24FN3OS. The van der Waals surface area contributed by atoms with Crippen molar-refractivity contribution in [2.24, 2.45) is 16.8 Å². The van der Waals surface area contributed by atoms with Crippen molar-refractivity contribution in [1.82, 2.24) is 5.01 Å². The van der Waals surface area contributed by atoms with Crippen molar-refractivity contribution < 1.29 is 9.18 Å². The van der Waals surface area contributed by atoms with E-state index in [1.54, 1.807) is 11.1 Å². The summed E-state index contributed by atoms with van der Waals surface area (Å²) in [5, 5.41) is 6.89. The molecule has 27 heavy (non-hydrogen) atoms. The topological polar surface area (TPSA) is 58.7 Å². The standard InChI is InChI=1S/C21H24FN3OS/c1-15(2)20(26)25-21(12-7-13-23,17-9-4-3-5-10-17)27-19(24-25)16-8-6-11-18(22)14-16/h3-6,8-11,14-15H,7,12-13,23H2,1-2H3. The van der Waals surface area contributed by atoms with Crippen molar-refractivity contribution in [1.29, 1.82) is 0 Å². The Balaban J connectivity index is 2.11. The number of thioether (sulfide) groups is 1. The van der Waals surface area contributed by atoms with Gasteiger partial charge in [0.2, 0.25) is 5.91 Å². The van der Waals surface area contributed by atoms with Gasteiger partial charge >= 0.3 is 0 Å². The second-order valence-electron chi connectivity index (χ2n) is 6.86. The summed E-state index contributed by atoms with van der Waals surface area (Å²) in [6, 6.07) is 16.2. The zero-order chi connectivity index (χ0) is 19.4. The van der Waals surface area contributed by atoms with Gasteiger partial charge in [-0.05, 0) is 37.1 Å². The molecule has 0 aliphatic carbocycles. The van der Waals surface area contributed by atoms with Crippen LogP contribution in [-0.4, -0.2) is 22.5 Å². The third kappa shape index (κ3) is 3.92. The first-order chi connectivity index (χ1) is 13.0. The molecule has 0 saturated heterocycles. The number of hydrogen-bond donors (Lipinski definition) is 1. The minimum absolute atomic E-state index is 0.0604. The molecule has 0 aromatic heterocycles. The number of hydrazone groups is 1. The smallest absolute Gasteiger partial charge is 0.246 e. The maximum absolute atomic E-state index is 13.8. The number of nitrogens with zero attached hydrogens (tertiary/aromatic N) is 2. The first-order valence-electron chi connectivity index (χ1n) is 9.11. The van der Waals surface area contributed by atoms with E-state index in [1.807, 2.05) is 50.2 Å². The zero-order valence-electron chi connectivity index (χ0n) is 15.6. The lowest BCUT2D eigenvalue weighted by Crippen LogP contribution is -2.43. The lowest BCUT2D eigenvalue weighted by molar-refractivity contribution is -0.138. The van der Waals surface area contributed by atoms with Crippen molar-refractivity contribution >= 4 is 22.7 Å². The van der Waals surface area contributed by atoms with Crippen molar-refractivity contribution in [3.05, 3.63) is 71.5 Å². The highest BCUT2D eigenvalue weighted by Crippen LogP contribution is 2.50. The molecular weight excluding hydrogens is 361 g/mol. The summed E-state index contributed by atoms with van der Waals surface area (Å²) in [7, 11) is 0. The van der Waals surface area contributed by atoms with Gasteiger partial charge in [0.15, 0.2) is 0 Å². The SMILES string of the molecule is CC(C)C(=O)N1N=C(c2cccc(F)c2)SC1(CCCN)c1ccccc1. The molecule has 3 rings (SSSR count). The van der Waals surface area contributed by atoms with Crippen molar-refractivity contribution in [2.45, 2.75) is 31.6 Å². The second-order valence-corrected chi connectivity index (χ2v) is 8.13. The van der Waals surface area contributed by atoms with Crippen LogP contribution in [0.15, 0.2) is 59.7 Å². The molecule has 0 bridgehead atoms. The molecule has 4 nitrogen and oxygen atoms in total. The molecule has 0 saturated carbocycles. The van der Waals surface area contributed by atoms with E-state index in [4.69, 9.17) is 5.73 Å². The van der Waals surface area contributed by atoms with Gasteiger partial charge in [-0.3, -0.25) is 4.79 Å². The fourth-order valence-corrected chi connectivity index (χ4v) is 4.53. The van der Waals surface area contributed by atoms with Crippen molar-refractivity contribution in [3.63, 3.8) is 0 Å². The van der Waals surface area contributed by atoms with Gasteiger partial charge in [-0.15, -0.1) is 0 Å². The van der Waals surface area contributed by atoms with E-state index in [0.717, 1.165) is 12.0 Å². The molecule has 1 aliphatic heterocycles. The number of carbonyl (C=O) groups is 1. The summed E-state index contributed by atoms with van der Waals surface area (Å²) in [5.41, 5.74) is 7.46. The molecule has 0 spiro atoms. The van der Waals surface area contributed by atoms with E-state index in [1.165, 1.54) is 23.9 Å². The normalized spacial score (nSPS) is 19.4. The predicted octanol–water partition coefficient (Wildman–Crippen LogP) is 4.31. The van der Waals surface area contributed by atoms with E-state index in [9.17, 15) is 9.18 Å². The third-order valence-electron chi connectivity index (χ3n) is 4.52. The molecule has 2 N–H and O–H groups in total. The lowest BCUT2D eigenvalue weighted by Gasteiger charge is -2.36. The molecule has 1 atom stereocenters. The fraction of sp³-hybridized carbons (Fsp3) is 0.333. The Morgan fingerprint density at radius 3 is 2.59 bits per heavy atom. The molecule has 0 radical (unpaired) electrons. The van der Waals surface area contributed by atoms with E-state index in [-0.39, 0.29) is 17.6 Å². The summed E-state index contributed by atoms with van der Waals surface area (Å²) < 4.78 is 13.8. The van der Waals surface area contributed by atoms with Crippen LogP contribution >= 0.6 is 11.8 Å². The van der Waals surface area contributed by atoms with Crippen LogP contribution in [0.1, 0.15) is 37.8 Å². The number of rotatable bonds is 6. The van der Waals surface area contributed by atoms with Gasteiger partial charge in [-0.1, -0.05) is 68.1 Å². The largest absolute Gasteiger partial charge is 0.330 e. The van der Waals surface area contributed by atoms with Gasteiger partial charge in [0.1, 0.15) is 15.7 Å². The average molecular weight is 386 g/mol. The number of amides is 1. The van der Waals surface area contributed by atoms with Gasteiger partial charge in [0, 0.05) is 11.5 Å². The summed E-state index contributed by atoms with van der Waals surface area (Å²) in [4.78, 5) is 12.4. The van der Waals surface area contributed by atoms with E-state index in [0.29, 0.717) is 23.6 Å². The second kappa shape index (κ2) is 8.23. The fourth-order valence-electron chi connectivity index (χ4n) is 3.13.